The van der Waals surface area contributed by atoms with Gasteiger partial charge in [-0.2, -0.15) is 0 Å². The topological polar surface area (TPSA) is 102 Å². The largest absolute Gasteiger partial charge is 0.478 e. The Bertz CT molecular complexity index is 1480. The third-order valence-corrected chi connectivity index (χ3v) is 10.0. The number of carboxylic acid groups (broad SMARTS) is 1. The maximum Gasteiger partial charge on any atom is 0.348 e. The van der Waals surface area contributed by atoms with Gasteiger partial charge in [0.15, 0.2) is 0 Å². The van der Waals surface area contributed by atoms with Crippen molar-refractivity contribution in [1.29, 1.82) is 0 Å². The fourth-order valence-corrected chi connectivity index (χ4v) is 7.49. The first-order valence-electron chi connectivity index (χ1n) is 14.2. The Labute approximate surface area is 246 Å². The van der Waals surface area contributed by atoms with Crippen LogP contribution in [0, 0.1) is 17.7 Å². The Morgan fingerprint density at radius 2 is 1.76 bits per heavy atom. The maximum atomic E-state index is 14.7. The van der Waals surface area contributed by atoms with Crippen LogP contribution in [0.1, 0.15) is 74.2 Å². The number of aromatic nitrogens is 1. The van der Waals surface area contributed by atoms with Crippen LogP contribution in [0.5, 0.6) is 5.75 Å². The van der Waals surface area contributed by atoms with E-state index in [2.05, 4.69) is 5.16 Å². The maximum absolute atomic E-state index is 14.7. The SMILES string of the molecule is O=C(O)C1(Oc2cc(F)cc([C@@]3(O)[C@@H]4CC[C@H]3C[C@@H](OCc3c(-c5c(Cl)cccc5Cl)noc3C3CC3)C4)c2)CC1. The van der Waals surface area contributed by atoms with E-state index in [0.717, 1.165) is 37.0 Å². The lowest BCUT2D eigenvalue weighted by Gasteiger charge is -2.43. The highest BCUT2D eigenvalue weighted by Gasteiger charge is 2.56. The number of halogens is 3. The first-order chi connectivity index (χ1) is 19.7. The van der Waals surface area contributed by atoms with Gasteiger partial charge in [-0.1, -0.05) is 34.4 Å². The van der Waals surface area contributed by atoms with Gasteiger partial charge in [-0.15, -0.1) is 0 Å². The van der Waals surface area contributed by atoms with Gasteiger partial charge in [0.1, 0.15) is 23.0 Å². The third kappa shape index (κ3) is 4.73. The number of benzene rings is 2. The van der Waals surface area contributed by atoms with Gasteiger partial charge >= 0.3 is 5.97 Å². The van der Waals surface area contributed by atoms with Crippen molar-refractivity contribution in [3.05, 3.63) is 69.1 Å². The second-order valence-corrected chi connectivity index (χ2v) is 12.8. The molecule has 7 nitrogen and oxygen atoms in total. The van der Waals surface area contributed by atoms with Crippen molar-refractivity contribution in [1.82, 2.24) is 5.16 Å². The zero-order chi connectivity index (χ0) is 28.5. The highest BCUT2D eigenvalue weighted by Crippen LogP contribution is 2.56. The van der Waals surface area contributed by atoms with E-state index in [0.29, 0.717) is 58.5 Å². The number of aliphatic carboxylic acids is 1. The number of carbonyl (C=O) groups is 1. The summed E-state index contributed by atoms with van der Waals surface area (Å²) in [6.07, 6.45) is 5.48. The third-order valence-electron chi connectivity index (χ3n) is 9.37. The molecule has 3 aromatic rings. The Morgan fingerprint density at radius 1 is 1.07 bits per heavy atom. The van der Waals surface area contributed by atoms with Crippen molar-refractivity contribution in [2.75, 3.05) is 0 Å². The molecule has 4 aliphatic carbocycles. The van der Waals surface area contributed by atoms with E-state index in [1.807, 2.05) is 0 Å². The van der Waals surface area contributed by atoms with Gasteiger partial charge in [0.05, 0.1) is 28.4 Å². The lowest BCUT2D eigenvalue weighted by Crippen LogP contribution is -2.44. The number of hydrogen-bond donors (Lipinski definition) is 2. The van der Waals surface area contributed by atoms with Crippen molar-refractivity contribution < 1.29 is 33.4 Å². The Balaban J connectivity index is 1.11. The Hall–Kier alpha value is -2.65. The van der Waals surface area contributed by atoms with E-state index >= 15 is 0 Å². The molecular formula is C31H30Cl2FNO6. The summed E-state index contributed by atoms with van der Waals surface area (Å²) in [5.41, 5.74) is -0.0255. The summed E-state index contributed by atoms with van der Waals surface area (Å²) in [6.45, 7) is 0.282. The number of fused-ring (bicyclic) bond motifs is 2. The molecule has 4 fully saturated rings. The molecule has 7 rings (SSSR count). The lowest BCUT2D eigenvalue weighted by molar-refractivity contribution is -0.147. The smallest absolute Gasteiger partial charge is 0.348 e. The van der Waals surface area contributed by atoms with E-state index in [1.165, 1.54) is 12.1 Å². The number of ether oxygens (including phenoxy) is 2. The predicted octanol–water partition coefficient (Wildman–Crippen LogP) is 7.25. The van der Waals surface area contributed by atoms with Gasteiger partial charge in [-0.3, -0.25) is 0 Å². The molecule has 41 heavy (non-hydrogen) atoms. The summed E-state index contributed by atoms with van der Waals surface area (Å²) < 4.78 is 32.7. The number of aliphatic hydroxyl groups is 1. The van der Waals surface area contributed by atoms with Crippen LogP contribution in [-0.2, 0) is 21.7 Å². The van der Waals surface area contributed by atoms with Crippen LogP contribution < -0.4 is 4.74 Å². The van der Waals surface area contributed by atoms with Crippen LogP contribution in [0.25, 0.3) is 11.3 Å². The van der Waals surface area contributed by atoms with E-state index in [4.69, 9.17) is 37.2 Å². The van der Waals surface area contributed by atoms with Crippen LogP contribution in [0.15, 0.2) is 40.9 Å². The minimum Gasteiger partial charge on any atom is -0.478 e. The van der Waals surface area contributed by atoms with Crippen LogP contribution in [-0.4, -0.2) is 33.0 Å². The van der Waals surface area contributed by atoms with Crippen molar-refractivity contribution in [2.24, 2.45) is 11.8 Å². The van der Waals surface area contributed by atoms with Crippen molar-refractivity contribution in [3.8, 4) is 17.0 Å². The van der Waals surface area contributed by atoms with Gasteiger partial charge in [0, 0.05) is 36.0 Å². The highest BCUT2D eigenvalue weighted by atomic mass is 35.5. The molecule has 0 saturated heterocycles. The molecule has 2 bridgehead atoms. The molecule has 10 heteroatoms. The van der Waals surface area contributed by atoms with E-state index in [1.54, 1.807) is 24.3 Å². The molecule has 0 spiro atoms. The molecule has 4 aliphatic rings. The molecule has 0 unspecified atom stereocenters. The number of hydrogen-bond acceptors (Lipinski definition) is 6. The molecular weight excluding hydrogens is 572 g/mol. The van der Waals surface area contributed by atoms with Gasteiger partial charge in [0.25, 0.3) is 0 Å². The minimum atomic E-state index is -1.30. The second kappa shape index (κ2) is 9.97. The predicted molar refractivity (Wildman–Crippen MR) is 148 cm³/mol. The van der Waals surface area contributed by atoms with Crippen molar-refractivity contribution in [2.45, 2.75) is 81.2 Å². The number of nitrogens with zero attached hydrogens (tertiary/aromatic N) is 1. The average Bonchev–Trinajstić information content (AvgIpc) is 3.85. The van der Waals surface area contributed by atoms with Crippen LogP contribution in [0.4, 0.5) is 4.39 Å². The fraction of sp³-hybridized carbons (Fsp3) is 0.484. The van der Waals surface area contributed by atoms with Crippen LogP contribution >= 0.6 is 23.2 Å². The Kier molecular flexibility index (Phi) is 6.62. The average molecular weight is 602 g/mol. The summed E-state index contributed by atoms with van der Waals surface area (Å²) in [4.78, 5) is 11.6. The number of carboxylic acids is 1. The van der Waals surface area contributed by atoms with Gasteiger partial charge in [-0.25, -0.2) is 9.18 Å². The normalized spacial score (nSPS) is 28.0. The molecule has 1 heterocycles. The van der Waals surface area contributed by atoms with Gasteiger partial charge < -0.3 is 24.2 Å². The molecule has 2 aromatic carbocycles. The molecule has 0 radical (unpaired) electrons. The first kappa shape index (κ1) is 27.2. The molecule has 1 aromatic heterocycles. The molecule has 216 valence electrons. The second-order valence-electron chi connectivity index (χ2n) is 12.0. The molecule has 0 amide bonds. The summed E-state index contributed by atoms with van der Waals surface area (Å²) >= 11 is 13.0. The van der Waals surface area contributed by atoms with E-state index in [9.17, 15) is 19.4 Å². The van der Waals surface area contributed by atoms with Crippen molar-refractivity contribution in [3.63, 3.8) is 0 Å². The van der Waals surface area contributed by atoms with Crippen LogP contribution in [0.2, 0.25) is 10.0 Å². The Morgan fingerprint density at radius 3 is 2.37 bits per heavy atom. The zero-order valence-corrected chi connectivity index (χ0v) is 23.8. The fourth-order valence-electron chi connectivity index (χ4n) is 6.91. The summed E-state index contributed by atoms with van der Waals surface area (Å²) in [5, 5.41) is 26.8. The molecule has 0 aliphatic heterocycles. The summed E-state index contributed by atoms with van der Waals surface area (Å²) in [7, 11) is 0. The van der Waals surface area contributed by atoms with Crippen LogP contribution in [0.3, 0.4) is 0 Å². The molecule has 2 N–H and O–H groups in total. The summed E-state index contributed by atoms with van der Waals surface area (Å²) in [5.74, 6) is -0.640. The lowest BCUT2D eigenvalue weighted by atomic mass is 9.69. The monoisotopic (exact) mass is 601 g/mol. The highest BCUT2D eigenvalue weighted by molar-refractivity contribution is 6.39. The summed E-state index contributed by atoms with van der Waals surface area (Å²) in [6, 6.07) is 9.47. The first-order valence-corrected chi connectivity index (χ1v) is 14.9. The molecule has 4 atom stereocenters. The van der Waals surface area contributed by atoms with E-state index in [-0.39, 0.29) is 30.3 Å². The van der Waals surface area contributed by atoms with Crippen molar-refractivity contribution >= 4 is 29.2 Å². The van der Waals surface area contributed by atoms with E-state index < -0.39 is 23.0 Å². The minimum absolute atomic E-state index is 0.115. The molecule has 4 saturated carbocycles. The van der Waals surface area contributed by atoms with Gasteiger partial charge in [0.2, 0.25) is 5.60 Å². The van der Waals surface area contributed by atoms with Gasteiger partial charge in [-0.05, 0) is 80.2 Å². The zero-order valence-electron chi connectivity index (χ0n) is 22.2. The number of rotatable bonds is 9. The quantitative estimate of drug-likeness (QED) is 0.266. The standard InChI is InChI=1S/C31H30Cl2FNO6/c32-24-2-1-3-25(33)26(24)27-23(28(41-35-27)16-4-5-16)15-39-21-11-17-6-7-18(12-21)31(17,38)19-10-20(34)14-22(13-19)40-30(8-9-30)29(36)37/h1-3,10,13-14,16-18,21,38H,4-9,11-12,15H2,(H,36,37)/t17-,18+,21+,31-.